The van der Waals surface area contributed by atoms with E-state index < -0.39 is 24.0 Å². The Balaban J connectivity index is 1.83. The van der Waals surface area contributed by atoms with Crippen LogP contribution in [-0.4, -0.2) is 44.2 Å². The molecular formula is C15H18N6O3S. The number of hydrogen-bond acceptors (Lipinski definition) is 8. The molecule has 9 nitrogen and oxygen atoms in total. The van der Waals surface area contributed by atoms with Crippen LogP contribution in [0.25, 0.3) is 10.7 Å². The maximum absolute atomic E-state index is 11.8. The minimum Gasteiger partial charge on any atom is -0.454 e. The third kappa shape index (κ3) is 4.84. The fourth-order valence-electron chi connectivity index (χ4n) is 1.75. The zero-order valence-electron chi connectivity index (χ0n) is 14.1. The van der Waals surface area contributed by atoms with Gasteiger partial charge in [-0.25, -0.2) is 4.79 Å². The van der Waals surface area contributed by atoms with Gasteiger partial charge in [0.1, 0.15) is 5.54 Å². The van der Waals surface area contributed by atoms with Crippen molar-refractivity contribution >= 4 is 23.2 Å². The molecule has 25 heavy (non-hydrogen) atoms. The minimum atomic E-state index is -1.02. The Morgan fingerprint density at radius 3 is 2.88 bits per heavy atom. The predicted molar refractivity (Wildman–Crippen MR) is 89.1 cm³/mol. The second-order valence-corrected chi connectivity index (χ2v) is 6.75. The van der Waals surface area contributed by atoms with Gasteiger partial charge in [0.2, 0.25) is 5.82 Å². The quantitative estimate of drug-likeness (QED) is 0.729. The number of nitrogens with zero attached hydrogens (tertiary/aromatic N) is 5. The number of tetrazole rings is 1. The van der Waals surface area contributed by atoms with Crippen LogP contribution in [0.4, 0.5) is 0 Å². The molecule has 1 atom stereocenters. The van der Waals surface area contributed by atoms with Crippen molar-refractivity contribution in [2.75, 3.05) is 6.61 Å². The number of carbonyl (C=O) groups is 2. The third-order valence-corrected chi connectivity index (χ3v) is 4.48. The number of carbonyl (C=O) groups excluding carboxylic acids is 2. The lowest BCUT2D eigenvalue weighted by molar-refractivity contribution is -0.150. The normalized spacial score (nSPS) is 13.1. The van der Waals surface area contributed by atoms with E-state index >= 15 is 0 Å². The van der Waals surface area contributed by atoms with E-state index in [1.165, 1.54) is 11.3 Å². The number of esters is 1. The van der Waals surface area contributed by atoms with Crippen LogP contribution in [0.15, 0.2) is 17.5 Å². The van der Waals surface area contributed by atoms with Crippen LogP contribution in [0, 0.1) is 17.2 Å². The van der Waals surface area contributed by atoms with Crippen molar-refractivity contribution in [3.63, 3.8) is 0 Å². The molecule has 0 aliphatic heterocycles. The van der Waals surface area contributed by atoms with E-state index in [4.69, 9.17) is 10.00 Å². The molecular weight excluding hydrogens is 344 g/mol. The number of ether oxygens (including phenoxy) is 1. The monoisotopic (exact) mass is 362 g/mol. The summed E-state index contributed by atoms with van der Waals surface area (Å²) in [7, 11) is 0. The second-order valence-electron chi connectivity index (χ2n) is 5.80. The van der Waals surface area contributed by atoms with Gasteiger partial charge >= 0.3 is 5.97 Å². The van der Waals surface area contributed by atoms with Crippen LogP contribution < -0.4 is 5.32 Å². The molecule has 0 saturated carbocycles. The van der Waals surface area contributed by atoms with Gasteiger partial charge in [-0.05, 0) is 29.5 Å². The molecule has 0 aliphatic rings. The summed E-state index contributed by atoms with van der Waals surface area (Å²) in [5.41, 5.74) is -1.02. The van der Waals surface area contributed by atoms with Crippen LogP contribution in [0.3, 0.4) is 0 Å². The molecule has 0 aliphatic carbocycles. The molecule has 0 aromatic carbocycles. The summed E-state index contributed by atoms with van der Waals surface area (Å²) in [4.78, 5) is 25.6. The molecule has 0 bridgehead atoms. The number of hydrogen-bond donors (Lipinski definition) is 1. The number of nitriles is 1. The first-order chi connectivity index (χ1) is 11.8. The Labute approximate surface area is 148 Å². The van der Waals surface area contributed by atoms with E-state index in [0.717, 1.165) is 9.67 Å². The van der Waals surface area contributed by atoms with E-state index in [1.807, 2.05) is 37.4 Å². The van der Waals surface area contributed by atoms with Crippen molar-refractivity contribution in [2.45, 2.75) is 32.9 Å². The first-order valence-electron chi connectivity index (χ1n) is 7.53. The Hall–Kier alpha value is -2.80. The topological polar surface area (TPSA) is 123 Å². The fraction of sp³-hybridized carbons (Fsp3) is 0.467. The highest BCUT2D eigenvalue weighted by Gasteiger charge is 2.30. The molecule has 2 rings (SSSR count). The number of nitrogens with one attached hydrogen (secondary N) is 1. The molecule has 0 unspecified atom stereocenters. The van der Waals surface area contributed by atoms with Gasteiger partial charge < -0.3 is 10.1 Å². The summed E-state index contributed by atoms with van der Waals surface area (Å²) < 4.78 is 4.89. The van der Waals surface area contributed by atoms with E-state index in [1.54, 1.807) is 6.92 Å². The van der Waals surface area contributed by atoms with E-state index in [0.29, 0.717) is 5.82 Å². The summed E-state index contributed by atoms with van der Waals surface area (Å²) >= 11 is 1.46. The Kier molecular flexibility index (Phi) is 5.82. The van der Waals surface area contributed by atoms with Gasteiger partial charge in [0.15, 0.2) is 13.2 Å². The van der Waals surface area contributed by atoms with Crippen molar-refractivity contribution < 1.29 is 14.3 Å². The lowest BCUT2D eigenvalue weighted by Gasteiger charge is -2.27. The lowest BCUT2D eigenvalue weighted by Crippen LogP contribution is -2.50. The van der Waals surface area contributed by atoms with Gasteiger partial charge in [0.05, 0.1) is 10.9 Å². The number of thiophene rings is 1. The molecule has 0 spiro atoms. The average Bonchev–Trinajstić information content (AvgIpc) is 3.23. The summed E-state index contributed by atoms with van der Waals surface area (Å²) in [6, 6.07) is 5.75. The molecule has 2 heterocycles. The maximum atomic E-state index is 11.8. The molecule has 1 amide bonds. The number of aromatic nitrogens is 4. The lowest BCUT2D eigenvalue weighted by atomic mass is 9.90. The fourth-order valence-corrected chi connectivity index (χ4v) is 2.40. The van der Waals surface area contributed by atoms with Crippen molar-refractivity contribution in [3.05, 3.63) is 17.5 Å². The maximum Gasteiger partial charge on any atom is 0.330 e. The van der Waals surface area contributed by atoms with Gasteiger partial charge in [-0.1, -0.05) is 19.9 Å². The van der Waals surface area contributed by atoms with E-state index in [9.17, 15) is 9.59 Å². The van der Waals surface area contributed by atoms with Crippen molar-refractivity contribution in [1.82, 2.24) is 25.5 Å². The molecule has 1 N–H and O–H groups in total. The Bertz CT molecular complexity index is 780. The smallest absolute Gasteiger partial charge is 0.330 e. The zero-order valence-corrected chi connectivity index (χ0v) is 14.9. The van der Waals surface area contributed by atoms with Crippen LogP contribution >= 0.6 is 11.3 Å². The molecule has 10 heteroatoms. The third-order valence-electron chi connectivity index (χ3n) is 3.62. The first-order valence-corrected chi connectivity index (χ1v) is 8.41. The molecule has 2 aromatic rings. The summed E-state index contributed by atoms with van der Waals surface area (Å²) in [5, 5.41) is 25.3. The zero-order chi connectivity index (χ0) is 18.4. The first kappa shape index (κ1) is 18.5. The van der Waals surface area contributed by atoms with Gasteiger partial charge in [-0.15, -0.1) is 21.5 Å². The molecule has 132 valence electrons. The largest absolute Gasteiger partial charge is 0.454 e. The van der Waals surface area contributed by atoms with Gasteiger partial charge in [0.25, 0.3) is 5.91 Å². The van der Waals surface area contributed by atoms with Crippen molar-refractivity contribution in [1.29, 1.82) is 5.26 Å². The number of rotatable bonds is 7. The average molecular weight is 362 g/mol. The summed E-state index contributed by atoms with van der Waals surface area (Å²) in [6.07, 6.45) is 0. The van der Waals surface area contributed by atoms with Crippen LogP contribution in [-0.2, 0) is 20.9 Å². The van der Waals surface area contributed by atoms with Gasteiger partial charge in [-0.2, -0.15) is 10.1 Å². The summed E-state index contributed by atoms with van der Waals surface area (Å²) in [6.45, 7) is 4.51. The highest BCUT2D eigenvalue weighted by atomic mass is 32.1. The molecule has 0 saturated heterocycles. The minimum absolute atomic E-state index is 0.0906. The Morgan fingerprint density at radius 1 is 1.52 bits per heavy atom. The van der Waals surface area contributed by atoms with Gasteiger partial charge in [0, 0.05) is 0 Å². The van der Waals surface area contributed by atoms with E-state index in [-0.39, 0.29) is 12.5 Å². The highest BCUT2D eigenvalue weighted by molar-refractivity contribution is 7.13. The van der Waals surface area contributed by atoms with Crippen molar-refractivity contribution in [3.8, 4) is 16.8 Å². The predicted octanol–water partition coefficient (Wildman–Crippen LogP) is 0.999. The highest BCUT2D eigenvalue weighted by Crippen LogP contribution is 2.19. The van der Waals surface area contributed by atoms with Crippen LogP contribution in [0.5, 0.6) is 0 Å². The number of amides is 1. The van der Waals surface area contributed by atoms with E-state index in [2.05, 4.69) is 20.7 Å². The van der Waals surface area contributed by atoms with Crippen molar-refractivity contribution in [2.24, 2.45) is 5.92 Å². The van der Waals surface area contributed by atoms with Crippen LogP contribution in [0.1, 0.15) is 20.8 Å². The van der Waals surface area contributed by atoms with Gasteiger partial charge in [-0.3, -0.25) is 4.79 Å². The SMILES string of the molecule is CC(C)[C@@](C)(C#N)NC(=O)COC(=O)Cn1nnc(-c2cccs2)n1. The second kappa shape index (κ2) is 7.85. The summed E-state index contributed by atoms with van der Waals surface area (Å²) in [5.74, 6) is -0.889. The molecule has 0 radical (unpaired) electrons. The molecule has 2 aromatic heterocycles. The van der Waals surface area contributed by atoms with Crippen LogP contribution in [0.2, 0.25) is 0 Å². The molecule has 0 fully saturated rings. The standard InChI is InChI=1S/C15H18N6O3S/c1-10(2)15(3,9-16)17-12(22)8-24-13(23)7-21-19-14(18-20-21)11-5-4-6-25-11/h4-6,10H,7-8H2,1-3H3,(H,17,22)/t15-/m1/s1. The Morgan fingerprint density at radius 2 is 2.28 bits per heavy atom.